The van der Waals surface area contributed by atoms with Crippen molar-refractivity contribution in [1.82, 2.24) is 0 Å². The molecule has 0 aliphatic rings. The second-order valence-electron chi connectivity index (χ2n) is 11.9. The minimum atomic E-state index is -0.550. The summed E-state index contributed by atoms with van der Waals surface area (Å²) in [6.07, 6.45) is 50.8. The molecule has 1 atom stereocenters. The number of carbonyl (C=O) groups excluding carboxylic acids is 1. The van der Waals surface area contributed by atoms with Gasteiger partial charge in [0.2, 0.25) is 0 Å². The molecular formula is C41H70O4. The molecular weight excluding hydrogens is 556 g/mol. The predicted octanol–water partition coefficient (Wildman–Crippen LogP) is 11.9. The van der Waals surface area contributed by atoms with Crippen molar-refractivity contribution >= 4 is 5.97 Å². The number of allylic oxidation sites excluding steroid dienone is 12. The fourth-order valence-corrected chi connectivity index (χ4v) is 4.77. The molecule has 0 fully saturated rings. The Bertz CT molecular complexity index is 789. The van der Waals surface area contributed by atoms with Gasteiger partial charge in [-0.05, 0) is 77.0 Å². The van der Waals surface area contributed by atoms with E-state index in [1.54, 1.807) is 0 Å². The van der Waals surface area contributed by atoms with Gasteiger partial charge in [0.1, 0.15) is 6.10 Å². The Kier molecular flexibility index (Phi) is 36.2. The number of esters is 1. The zero-order valence-corrected chi connectivity index (χ0v) is 29.4. The molecule has 0 aliphatic heterocycles. The topological polar surface area (TPSA) is 55.8 Å². The number of rotatable bonds is 33. The van der Waals surface area contributed by atoms with Crippen LogP contribution in [0.3, 0.4) is 0 Å². The minimum absolute atomic E-state index is 0.186. The molecule has 0 saturated heterocycles. The van der Waals surface area contributed by atoms with Crippen molar-refractivity contribution in [3.05, 3.63) is 72.9 Å². The summed E-state index contributed by atoms with van der Waals surface area (Å²) in [7, 11) is 0. The largest absolute Gasteiger partial charge is 0.457 e. The first-order valence-corrected chi connectivity index (χ1v) is 18.5. The van der Waals surface area contributed by atoms with Gasteiger partial charge in [-0.15, -0.1) is 0 Å². The third-order valence-corrected chi connectivity index (χ3v) is 7.50. The second-order valence-corrected chi connectivity index (χ2v) is 11.9. The summed E-state index contributed by atoms with van der Waals surface area (Å²) in [4.78, 5) is 12.1. The second kappa shape index (κ2) is 38.0. The molecule has 4 nitrogen and oxygen atoms in total. The fraction of sp³-hybridized carbons (Fsp3) is 0.683. The molecule has 1 N–H and O–H groups in total. The molecule has 0 bridgehead atoms. The summed E-state index contributed by atoms with van der Waals surface area (Å²) < 4.78 is 11.1. The molecule has 0 rings (SSSR count). The predicted molar refractivity (Wildman–Crippen MR) is 196 cm³/mol. The van der Waals surface area contributed by atoms with Crippen LogP contribution in [0.4, 0.5) is 0 Å². The van der Waals surface area contributed by atoms with Crippen LogP contribution in [0.5, 0.6) is 0 Å². The van der Waals surface area contributed by atoms with Gasteiger partial charge in [0.05, 0.1) is 13.2 Å². The van der Waals surface area contributed by atoms with E-state index in [1.165, 1.54) is 64.2 Å². The van der Waals surface area contributed by atoms with Gasteiger partial charge in [0.25, 0.3) is 0 Å². The van der Waals surface area contributed by atoms with Crippen LogP contribution in [0, 0.1) is 0 Å². The summed E-state index contributed by atoms with van der Waals surface area (Å²) in [6, 6.07) is 0. The average Bonchev–Trinajstić information content (AvgIpc) is 3.05. The first kappa shape index (κ1) is 42.8. The van der Waals surface area contributed by atoms with Crippen LogP contribution in [-0.4, -0.2) is 37.0 Å². The molecule has 0 amide bonds. The third-order valence-electron chi connectivity index (χ3n) is 7.50. The average molecular weight is 627 g/mol. The molecule has 1 unspecified atom stereocenters. The van der Waals surface area contributed by atoms with Crippen LogP contribution in [-0.2, 0) is 14.3 Å². The lowest BCUT2D eigenvalue weighted by Gasteiger charge is -2.15. The first-order valence-electron chi connectivity index (χ1n) is 18.5. The molecule has 0 spiro atoms. The van der Waals surface area contributed by atoms with E-state index in [-0.39, 0.29) is 19.2 Å². The van der Waals surface area contributed by atoms with Gasteiger partial charge in [-0.25, -0.2) is 0 Å². The van der Waals surface area contributed by atoms with Crippen LogP contribution in [0.25, 0.3) is 0 Å². The van der Waals surface area contributed by atoms with Crippen molar-refractivity contribution in [3.8, 4) is 0 Å². The van der Waals surface area contributed by atoms with E-state index < -0.39 is 6.10 Å². The SMILES string of the molecule is CC/C=C\C/C=C\C/C=C\C/C=C\CCCCCCCCCOCC(CO)OC(=O)CCCCCCC/C=C\C/C=C\CCC. The summed E-state index contributed by atoms with van der Waals surface area (Å²) in [6.45, 7) is 5.11. The van der Waals surface area contributed by atoms with Crippen molar-refractivity contribution in [3.63, 3.8) is 0 Å². The lowest BCUT2D eigenvalue weighted by atomic mass is 10.1. The third kappa shape index (κ3) is 36.2. The number of hydrogen-bond donors (Lipinski definition) is 1. The summed E-state index contributed by atoms with van der Waals surface area (Å²) in [5.41, 5.74) is 0. The van der Waals surface area contributed by atoms with E-state index in [2.05, 4.69) is 86.8 Å². The van der Waals surface area contributed by atoms with Gasteiger partial charge in [-0.2, -0.15) is 0 Å². The van der Waals surface area contributed by atoms with Crippen LogP contribution >= 0.6 is 0 Å². The van der Waals surface area contributed by atoms with Gasteiger partial charge in [-0.3, -0.25) is 4.79 Å². The quantitative estimate of drug-likeness (QED) is 0.0447. The van der Waals surface area contributed by atoms with E-state index in [0.717, 1.165) is 70.6 Å². The highest BCUT2D eigenvalue weighted by Gasteiger charge is 2.13. The zero-order valence-electron chi connectivity index (χ0n) is 29.4. The number of hydrogen-bond acceptors (Lipinski definition) is 4. The van der Waals surface area contributed by atoms with Crippen LogP contribution in [0.2, 0.25) is 0 Å². The molecule has 0 aromatic heterocycles. The molecule has 45 heavy (non-hydrogen) atoms. The lowest BCUT2D eigenvalue weighted by molar-refractivity contribution is -0.154. The Hall–Kier alpha value is -2.17. The van der Waals surface area contributed by atoms with E-state index in [0.29, 0.717) is 13.0 Å². The van der Waals surface area contributed by atoms with Crippen molar-refractivity contribution in [2.75, 3.05) is 19.8 Å². The Labute approximate surface area is 278 Å². The molecule has 258 valence electrons. The highest BCUT2D eigenvalue weighted by molar-refractivity contribution is 5.69. The summed E-state index contributed by atoms with van der Waals surface area (Å²) >= 11 is 0. The van der Waals surface area contributed by atoms with Crippen molar-refractivity contribution in [2.45, 2.75) is 161 Å². The molecule has 0 aromatic carbocycles. The molecule has 0 aliphatic carbocycles. The number of ether oxygens (including phenoxy) is 2. The maximum Gasteiger partial charge on any atom is 0.306 e. The Morgan fingerprint density at radius 3 is 1.51 bits per heavy atom. The summed E-state index contributed by atoms with van der Waals surface area (Å²) in [5, 5.41) is 9.55. The maximum atomic E-state index is 12.1. The van der Waals surface area contributed by atoms with Gasteiger partial charge in [0, 0.05) is 13.0 Å². The number of unbranched alkanes of at least 4 members (excludes halogenated alkanes) is 13. The smallest absolute Gasteiger partial charge is 0.306 e. The minimum Gasteiger partial charge on any atom is -0.457 e. The molecule has 0 heterocycles. The Morgan fingerprint density at radius 2 is 1.00 bits per heavy atom. The monoisotopic (exact) mass is 627 g/mol. The van der Waals surface area contributed by atoms with Crippen LogP contribution in [0.1, 0.15) is 155 Å². The lowest BCUT2D eigenvalue weighted by Crippen LogP contribution is -2.27. The van der Waals surface area contributed by atoms with E-state index in [4.69, 9.17) is 9.47 Å². The van der Waals surface area contributed by atoms with Gasteiger partial charge in [0.15, 0.2) is 0 Å². The molecule has 0 radical (unpaired) electrons. The van der Waals surface area contributed by atoms with Crippen molar-refractivity contribution in [2.24, 2.45) is 0 Å². The normalized spacial score (nSPS) is 13.2. The van der Waals surface area contributed by atoms with E-state index >= 15 is 0 Å². The fourth-order valence-electron chi connectivity index (χ4n) is 4.77. The van der Waals surface area contributed by atoms with Gasteiger partial charge < -0.3 is 14.6 Å². The molecule has 0 aromatic rings. The molecule has 4 heteroatoms. The standard InChI is InChI=1S/C41H70O4/c1-3-5-7-9-11-13-15-17-18-19-20-21-22-23-25-27-29-31-33-35-37-44-39-40(38-42)45-41(43)36-34-32-30-28-26-24-16-14-12-10-8-6-4-2/h5,7-8,10-11,13-14,16-18,20-21,40,42H,3-4,6,9,12,15,19,22-39H2,1-2H3/b7-5-,10-8-,13-11-,16-14-,18-17-,21-20-. The van der Waals surface area contributed by atoms with Crippen LogP contribution < -0.4 is 0 Å². The van der Waals surface area contributed by atoms with E-state index in [1.807, 2.05) is 0 Å². The van der Waals surface area contributed by atoms with E-state index in [9.17, 15) is 9.90 Å². The Balaban J connectivity index is 3.51. The van der Waals surface area contributed by atoms with Crippen LogP contribution in [0.15, 0.2) is 72.9 Å². The highest BCUT2D eigenvalue weighted by atomic mass is 16.6. The van der Waals surface area contributed by atoms with Gasteiger partial charge in [-0.1, -0.05) is 145 Å². The zero-order chi connectivity index (χ0) is 32.7. The van der Waals surface area contributed by atoms with Gasteiger partial charge >= 0.3 is 5.97 Å². The number of aliphatic hydroxyl groups excluding tert-OH is 1. The first-order chi connectivity index (χ1) is 22.2. The Morgan fingerprint density at radius 1 is 0.556 bits per heavy atom. The van der Waals surface area contributed by atoms with Crippen molar-refractivity contribution < 1.29 is 19.4 Å². The maximum absolute atomic E-state index is 12.1. The highest BCUT2D eigenvalue weighted by Crippen LogP contribution is 2.11. The number of carbonyl (C=O) groups is 1. The number of aliphatic hydroxyl groups is 1. The molecule has 0 saturated carbocycles. The summed E-state index contributed by atoms with van der Waals surface area (Å²) in [5.74, 6) is -0.223. The van der Waals surface area contributed by atoms with Crippen molar-refractivity contribution in [1.29, 1.82) is 0 Å².